The Bertz CT molecular complexity index is 508. The number of alkyl halides is 3. The molecular formula is C17H29ClF3N3O3. The molecule has 2 N–H and O–H groups in total. The highest BCUT2D eigenvalue weighted by Gasteiger charge is 2.39. The van der Waals surface area contributed by atoms with Crippen LogP contribution >= 0.6 is 12.4 Å². The highest BCUT2D eigenvalue weighted by molar-refractivity contribution is 5.85. The second kappa shape index (κ2) is 10.5. The van der Waals surface area contributed by atoms with E-state index in [1.807, 2.05) is 0 Å². The maximum atomic E-state index is 12.8. The Labute approximate surface area is 164 Å². The Morgan fingerprint density at radius 1 is 1.26 bits per heavy atom. The highest BCUT2D eigenvalue weighted by atomic mass is 35.5. The van der Waals surface area contributed by atoms with Gasteiger partial charge in [-0.1, -0.05) is 6.92 Å². The number of hydrogen-bond donors (Lipinski definition) is 1. The second-order valence-electron chi connectivity index (χ2n) is 7.06. The van der Waals surface area contributed by atoms with Crippen LogP contribution in [0.4, 0.5) is 13.2 Å². The molecule has 2 saturated heterocycles. The van der Waals surface area contributed by atoms with Gasteiger partial charge < -0.3 is 20.3 Å². The third-order valence-corrected chi connectivity index (χ3v) is 4.90. The molecule has 10 heteroatoms. The van der Waals surface area contributed by atoms with E-state index in [-0.39, 0.29) is 37.5 Å². The molecule has 1 unspecified atom stereocenters. The van der Waals surface area contributed by atoms with Crippen molar-refractivity contribution in [2.45, 2.75) is 57.4 Å². The van der Waals surface area contributed by atoms with Gasteiger partial charge in [-0.25, -0.2) is 0 Å². The lowest BCUT2D eigenvalue weighted by Crippen LogP contribution is -2.50. The van der Waals surface area contributed by atoms with Gasteiger partial charge in [0.05, 0.1) is 12.0 Å². The Kier molecular flexibility index (Phi) is 9.30. The number of nitrogens with zero attached hydrogens (tertiary/aromatic N) is 2. The van der Waals surface area contributed by atoms with Crippen LogP contribution in [0.2, 0.25) is 0 Å². The Balaban J connectivity index is 0.00000364. The molecule has 0 aliphatic carbocycles. The molecule has 0 bridgehead atoms. The van der Waals surface area contributed by atoms with Crippen LogP contribution < -0.4 is 5.73 Å². The molecule has 2 fully saturated rings. The zero-order chi connectivity index (χ0) is 19.3. The molecule has 3 atom stereocenters. The van der Waals surface area contributed by atoms with Gasteiger partial charge >= 0.3 is 6.18 Å². The van der Waals surface area contributed by atoms with E-state index in [4.69, 9.17) is 10.5 Å². The molecule has 0 spiro atoms. The van der Waals surface area contributed by atoms with E-state index < -0.39 is 30.7 Å². The van der Waals surface area contributed by atoms with E-state index in [0.29, 0.717) is 38.8 Å². The normalized spacial score (nSPS) is 25.8. The predicted molar refractivity (Wildman–Crippen MR) is 96.4 cm³/mol. The van der Waals surface area contributed by atoms with Crippen LogP contribution in [0.1, 0.15) is 39.0 Å². The van der Waals surface area contributed by atoms with Crippen molar-refractivity contribution in [3.63, 3.8) is 0 Å². The molecule has 2 heterocycles. The van der Waals surface area contributed by atoms with E-state index in [2.05, 4.69) is 0 Å². The number of likely N-dealkylation sites (tertiary alicyclic amines) is 1. The molecular weight excluding hydrogens is 387 g/mol. The van der Waals surface area contributed by atoms with Gasteiger partial charge in [0.2, 0.25) is 5.91 Å². The molecule has 0 aromatic carbocycles. The summed E-state index contributed by atoms with van der Waals surface area (Å²) < 4.78 is 43.9. The van der Waals surface area contributed by atoms with Crippen molar-refractivity contribution in [2.75, 3.05) is 32.7 Å². The van der Waals surface area contributed by atoms with Gasteiger partial charge in [0.1, 0.15) is 12.6 Å². The fourth-order valence-corrected chi connectivity index (χ4v) is 3.65. The van der Waals surface area contributed by atoms with Gasteiger partial charge in [0.25, 0.3) is 5.91 Å². The molecule has 0 aromatic rings. The van der Waals surface area contributed by atoms with Crippen molar-refractivity contribution in [3.8, 4) is 0 Å². The number of nitrogens with two attached hydrogens (primary N) is 1. The molecule has 2 rings (SSSR count). The molecule has 0 aromatic heterocycles. The fraction of sp³-hybridized carbons (Fsp3) is 0.882. The van der Waals surface area contributed by atoms with E-state index >= 15 is 0 Å². The number of carbonyl (C=O) groups excluding carboxylic acids is 2. The maximum Gasteiger partial charge on any atom is 0.406 e. The number of halogens is 4. The number of hydrogen-bond acceptors (Lipinski definition) is 4. The molecule has 0 radical (unpaired) electrons. The van der Waals surface area contributed by atoms with Gasteiger partial charge in [-0.05, 0) is 32.1 Å². The summed E-state index contributed by atoms with van der Waals surface area (Å²) in [5.41, 5.74) is 5.56. The molecule has 158 valence electrons. The van der Waals surface area contributed by atoms with Crippen LogP contribution in [-0.2, 0) is 14.3 Å². The molecule has 2 amide bonds. The summed E-state index contributed by atoms with van der Waals surface area (Å²) >= 11 is 0. The summed E-state index contributed by atoms with van der Waals surface area (Å²) in [6, 6.07) is 0. The summed E-state index contributed by atoms with van der Waals surface area (Å²) in [6.45, 7) is 1.57. The number of ether oxygens (including phenoxy) is 1. The van der Waals surface area contributed by atoms with Crippen molar-refractivity contribution < 1.29 is 27.5 Å². The van der Waals surface area contributed by atoms with Gasteiger partial charge in [0, 0.05) is 26.2 Å². The smallest absolute Gasteiger partial charge is 0.364 e. The van der Waals surface area contributed by atoms with Gasteiger partial charge in [-0.2, -0.15) is 13.2 Å². The second-order valence-corrected chi connectivity index (χ2v) is 7.06. The Morgan fingerprint density at radius 3 is 2.52 bits per heavy atom. The minimum atomic E-state index is -4.43. The van der Waals surface area contributed by atoms with Gasteiger partial charge in [-0.15, -0.1) is 12.4 Å². The first-order valence-electron chi connectivity index (χ1n) is 9.25. The highest BCUT2D eigenvalue weighted by Crippen LogP contribution is 2.26. The molecule has 6 nitrogen and oxygen atoms in total. The number of piperidine rings is 1. The lowest BCUT2D eigenvalue weighted by atomic mass is 9.95. The minimum absolute atomic E-state index is 0. The lowest BCUT2D eigenvalue weighted by molar-refractivity contribution is -0.165. The van der Waals surface area contributed by atoms with Gasteiger partial charge in [-0.3, -0.25) is 9.59 Å². The third kappa shape index (κ3) is 6.80. The van der Waals surface area contributed by atoms with Crippen LogP contribution in [0, 0.1) is 5.92 Å². The summed E-state index contributed by atoms with van der Waals surface area (Å²) in [5, 5.41) is 0. The van der Waals surface area contributed by atoms with Crippen LogP contribution in [0.15, 0.2) is 0 Å². The zero-order valence-corrected chi connectivity index (χ0v) is 16.4. The van der Waals surface area contributed by atoms with Crippen molar-refractivity contribution in [3.05, 3.63) is 0 Å². The van der Waals surface area contributed by atoms with E-state index in [1.165, 1.54) is 0 Å². The predicted octanol–water partition coefficient (Wildman–Crippen LogP) is 1.95. The Morgan fingerprint density at radius 2 is 1.96 bits per heavy atom. The fourth-order valence-electron chi connectivity index (χ4n) is 3.65. The summed E-state index contributed by atoms with van der Waals surface area (Å²) in [6.07, 6.45) is -2.25. The average molecular weight is 416 g/mol. The number of rotatable bonds is 6. The molecule has 2 aliphatic rings. The zero-order valence-electron chi connectivity index (χ0n) is 15.5. The summed E-state index contributed by atoms with van der Waals surface area (Å²) in [4.78, 5) is 27.6. The van der Waals surface area contributed by atoms with Crippen LogP contribution in [-0.4, -0.2) is 72.7 Å². The largest absolute Gasteiger partial charge is 0.406 e. The average Bonchev–Trinajstić information content (AvgIpc) is 3.08. The van der Waals surface area contributed by atoms with Crippen molar-refractivity contribution in [2.24, 2.45) is 11.7 Å². The van der Waals surface area contributed by atoms with Crippen molar-refractivity contribution in [1.82, 2.24) is 9.80 Å². The molecule has 27 heavy (non-hydrogen) atoms. The molecule has 2 aliphatic heterocycles. The first kappa shape index (κ1) is 24.0. The number of amides is 2. The van der Waals surface area contributed by atoms with Crippen LogP contribution in [0.5, 0.6) is 0 Å². The minimum Gasteiger partial charge on any atom is -0.364 e. The first-order chi connectivity index (χ1) is 12.2. The topological polar surface area (TPSA) is 75.9 Å². The third-order valence-electron chi connectivity index (χ3n) is 4.90. The summed E-state index contributed by atoms with van der Waals surface area (Å²) in [5.74, 6) is -1.29. The van der Waals surface area contributed by atoms with E-state index in [9.17, 15) is 22.8 Å². The lowest BCUT2D eigenvalue weighted by Gasteiger charge is -2.36. The van der Waals surface area contributed by atoms with Crippen LogP contribution in [0.25, 0.3) is 0 Å². The standard InChI is InChI=1S/C17H28F3N3O3.ClH/c1-2-7-23(11-17(18,19)20)15(24)12-4-3-8-22(10-12)16(25)14-6-5-13(9-21)26-14;/h12-14H,2-11,21H2,1H3;1H/t12?,13-,14+;/m1./s1. The van der Waals surface area contributed by atoms with Crippen molar-refractivity contribution >= 4 is 24.2 Å². The number of carbonyl (C=O) groups is 2. The van der Waals surface area contributed by atoms with Gasteiger partial charge in [0.15, 0.2) is 0 Å². The van der Waals surface area contributed by atoms with Crippen molar-refractivity contribution in [1.29, 1.82) is 0 Å². The maximum absolute atomic E-state index is 12.8. The SMILES string of the molecule is CCCN(CC(F)(F)F)C(=O)C1CCCN(C(=O)[C@@H]2CC[C@H](CN)O2)C1.Cl. The first-order valence-corrected chi connectivity index (χ1v) is 9.25. The Hall–Kier alpha value is -1.06. The van der Waals surface area contributed by atoms with Crippen LogP contribution in [0.3, 0.4) is 0 Å². The van der Waals surface area contributed by atoms with E-state index in [0.717, 1.165) is 11.3 Å². The molecule has 0 saturated carbocycles. The quantitative estimate of drug-likeness (QED) is 0.719. The van der Waals surface area contributed by atoms with E-state index in [1.54, 1.807) is 11.8 Å². The summed E-state index contributed by atoms with van der Waals surface area (Å²) in [7, 11) is 0. The monoisotopic (exact) mass is 415 g/mol.